The molecule has 4 rings (SSSR count). The molecule has 3 nitrogen and oxygen atoms in total. The van der Waals surface area contributed by atoms with Crippen molar-refractivity contribution in [3.63, 3.8) is 0 Å². The molecule has 0 bridgehead atoms. The summed E-state index contributed by atoms with van der Waals surface area (Å²) in [5.41, 5.74) is 3.61. The number of aryl methyl sites for hydroxylation is 1. The van der Waals surface area contributed by atoms with Crippen LogP contribution >= 0.6 is 0 Å². The first kappa shape index (κ1) is 35.4. The molecule has 0 N–H and O–H groups in total. The Labute approximate surface area is 243 Å². The molecule has 1 aromatic carbocycles. The van der Waals surface area contributed by atoms with Crippen LogP contribution in [-0.2, 0) is 9.53 Å². The molecule has 3 heteroatoms. The lowest BCUT2D eigenvalue weighted by atomic mass is 9.47. The van der Waals surface area contributed by atoms with E-state index in [0.29, 0.717) is 10.8 Å². The van der Waals surface area contributed by atoms with Gasteiger partial charge in [0.2, 0.25) is 0 Å². The maximum Gasteiger partial charge on any atom is 0.302 e. The molecule has 8 unspecified atom stereocenters. The highest BCUT2D eigenvalue weighted by Crippen LogP contribution is 2.65. The van der Waals surface area contributed by atoms with Crippen LogP contribution in [0.25, 0.3) is 0 Å². The second-order valence-corrected chi connectivity index (χ2v) is 12.7. The van der Waals surface area contributed by atoms with Gasteiger partial charge >= 0.3 is 5.97 Å². The summed E-state index contributed by atoms with van der Waals surface area (Å²) in [6, 6.07) is 8.08. The molecule has 3 saturated carbocycles. The van der Waals surface area contributed by atoms with Gasteiger partial charge in [-0.3, -0.25) is 9.79 Å². The Hall–Kier alpha value is -1.64. The molecule has 39 heavy (non-hydrogen) atoms. The summed E-state index contributed by atoms with van der Waals surface area (Å²) in [4.78, 5) is 14.4. The number of benzene rings is 1. The first-order valence-corrected chi connectivity index (χ1v) is 16.2. The lowest BCUT2D eigenvalue weighted by molar-refractivity contribution is -0.145. The van der Waals surface area contributed by atoms with Gasteiger partial charge < -0.3 is 4.74 Å². The monoisotopic (exact) mass is 541 g/mol. The first-order chi connectivity index (χ1) is 18.4. The summed E-state index contributed by atoms with van der Waals surface area (Å²) < 4.78 is 4.76. The number of nitrogens with zero attached hydrogens (tertiary/aromatic N) is 1. The molecule has 0 heterocycles. The summed E-state index contributed by atoms with van der Waals surface area (Å²) in [5.74, 6) is 4.88. The van der Waals surface area contributed by atoms with E-state index in [9.17, 15) is 4.79 Å². The molecular weight excluding hydrogens is 478 g/mol. The molecule has 0 radical (unpaired) electrons. The predicted molar refractivity (Wildman–Crippen MR) is 171 cm³/mol. The highest BCUT2D eigenvalue weighted by Gasteiger charge is 2.57. The molecular formula is C36H63NO2. The number of rotatable bonds is 4. The van der Waals surface area contributed by atoms with E-state index in [0.717, 1.165) is 41.7 Å². The molecule has 0 aliphatic heterocycles. The number of hydrogen-bond donors (Lipinski definition) is 0. The number of para-hydroxylation sites is 1. The van der Waals surface area contributed by atoms with E-state index >= 15 is 0 Å². The second-order valence-electron chi connectivity index (χ2n) is 12.7. The van der Waals surface area contributed by atoms with E-state index in [4.69, 9.17) is 4.74 Å². The largest absolute Gasteiger partial charge is 0.463 e. The average molecular weight is 542 g/mol. The Bertz CT molecular complexity index is 879. The normalized spacial score (nSPS) is 33.6. The van der Waals surface area contributed by atoms with Gasteiger partial charge in [-0.15, -0.1) is 0 Å². The quantitative estimate of drug-likeness (QED) is 0.281. The highest BCUT2D eigenvalue weighted by molar-refractivity contribution is 5.66. The Morgan fingerprint density at radius 2 is 1.64 bits per heavy atom. The molecule has 0 aromatic heterocycles. The molecule has 0 spiro atoms. The van der Waals surface area contributed by atoms with Gasteiger partial charge in [0.15, 0.2) is 0 Å². The van der Waals surface area contributed by atoms with Crippen LogP contribution in [0.15, 0.2) is 29.3 Å². The first-order valence-electron chi connectivity index (χ1n) is 16.2. The smallest absolute Gasteiger partial charge is 0.302 e. The SMILES string of the molecule is CC.CC=Nc1ccccc1C.CCC(C)OC(C)=O.CCC1(C)C(C)CCC2C1CCC1(C)C(C)CCC21. The van der Waals surface area contributed by atoms with Crippen molar-refractivity contribution in [2.75, 3.05) is 0 Å². The van der Waals surface area contributed by atoms with E-state index in [2.05, 4.69) is 52.6 Å². The fraction of sp³-hybridized carbons (Fsp3) is 0.778. The predicted octanol–water partition coefficient (Wildman–Crippen LogP) is 11.0. The van der Waals surface area contributed by atoms with Crippen molar-refractivity contribution in [2.24, 2.45) is 45.4 Å². The number of fused-ring (bicyclic) bond motifs is 3. The zero-order valence-corrected chi connectivity index (χ0v) is 27.8. The third-order valence-electron chi connectivity index (χ3n) is 10.9. The van der Waals surface area contributed by atoms with E-state index in [-0.39, 0.29) is 12.1 Å². The standard InChI is InChI=1S/C19H34.C9H11N.C6H12O2.C2H6/c1-6-18(4)13(2)7-9-15-16-10-8-14(3)19(16,5)12-11-17(15)18;1-3-10-9-7-5-4-6-8(9)2;1-4-5(2)8-6(3)7;1-2/h13-17H,6-12H2,1-5H3;3-7H,1-2H3;5H,4H2,1-3H3;1-2H3. The fourth-order valence-electron chi connectivity index (χ4n) is 7.73. The fourth-order valence-corrected chi connectivity index (χ4v) is 7.73. The van der Waals surface area contributed by atoms with Gasteiger partial charge in [-0.1, -0.05) is 80.0 Å². The van der Waals surface area contributed by atoms with Gasteiger partial charge in [-0.25, -0.2) is 0 Å². The molecule has 0 amide bonds. The van der Waals surface area contributed by atoms with Gasteiger partial charge in [0.05, 0.1) is 11.8 Å². The molecule has 8 atom stereocenters. The Kier molecular flexibility index (Phi) is 15.0. The summed E-state index contributed by atoms with van der Waals surface area (Å²) in [6.45, 7) is 26.0. The zero-order valence-electron chi connectivity index (χ0n) is 27.8. The molecule has 3 fully saturated rings. The Morgan fingerprint density at radius 1 is 1.03 bits per heavy atom. The molecule has 1 aromatic rings. The van der Waals surface area contributed by atoms with Crippen LogP contribution in [-0.4, -0.2) is 18.3 Å². The van der Waals surface area contributed by atoms with Crippen molar-refractivity contribution in [3.8, 4) is 0 Å². The molecule has 0 saturated heterocycles. The van der Waals surface area contributed by atoms with Gasteiger partial charge in [-0.05, 0) is 118 Å². The number of aliphatic imine (C=N–C) groups is 1. The van der Waals surface area contributed by atoms with Crippen LogP contribution in [0.4, 0.5) is 5.69 Å². The van der Waals surface area contributed by atoms with Crippen molar-refractivity contribution >= 4 is 17.9 Å². The third kappa shape index (κ3) is 8.92. The lowest BCUT2D eigenvalue weighted by Crippen LogP contribution is -2.50. The van der Waals surface area contributed by atoms with Crippen molar-refractivity contribution in [1.29, 1.82) is 0 Å². The van der Waals surface area contributed by atoms with Crippen molar-refractivity contribution in [3.05, 3.63) is 29.8 Å². The number of esters is 1. The van der Waals surface area contributed by atoms with Crippen LogP contribution in [0.1, 0.15) is 133 Å². The number of hydrogen-bond acceptors (Lipinski definition) is 3. The minimum absolute atomic E-state index is 0.0764. The van der Waals surface area contributed by atoms with Crippen LogP contribution in [0.2, 0.25) is 0 Å². The van der Waals surface area contributed by atoms with Gasteiger partial charge in [0, 0.05) is 13.1 Å². The Balaban J connectivity index is 0.000000321. The van der Waals surface area contributed by atoms with E-state index < -0.39 is 0 Å². The summed E-state index contributed by atoms with van der Waals surface area (Å²) in [7, 11) is 0. The van der Waals surface area contributed by atoms with Crippen LogP contribution in [0.3, 0.4) is 0 Å². The second kappa shape index (κ2) is 16.6. The summed E-state index contributed by atoms with van der Waals surface area (Å²) >= 11 is 0. The van der Waals surface area contributed by atoms with Crippen LogP contribution in [0.5, 0.6) is 0 Å². The van der Waals surface area contributed by atoms with Gasteiger partial charge in [0.1, 0.15) is 0 Å². The average Bonchev–Trinajstić information content (AvgIpc) is 3.23. The van der Waals surface area contributed by atoms with E-state index in [1.54, 1.807) is 0 Å². The maximum atomic E-state index is 10.2. The van der Waals surface area contributed by atoms with Crippen molar-refractivity contribution < 1.29 is 9.53 Å². The molecule has 224 valence electrons. The number of ether oxygens (including phenoxy) is 1. The van der Waals surface area contributed by atoms with Gasteiger partial charge in [0.25, 0.3) is 0 Å². The van der Waals surface area contributed by atoms with Crippen LogP contribution < -0.4 is 0 Å². The van der Waals surface area contributed by atoms with Crippen molar-refractivity contribution in [1.82, 2.24) is 0 Å². The molecule has 3 aliphatic rings. The molecule has 3 aliphatic carbocycles. The summed E-state index contributed by atoms with van der Waals surface area (Å²) in [6.07, 6.45) is 13.3. The topological polar surface area (TPSA) is 38.7 Å². The van der Waals surface area contributed by atoms with Crippen LogP contribution in [0, 0.1) is 47.3 Å². The number of carbonyl (C=O) groups is 1. The van der Waals surface area contributed by atoms with Gasteiger partial charge in [-0.2, -0.15) is 0 Å². The van der Waals surface area contributed by atoms with E-state index in [1.165, 1.54) is 57.4 Å². The van der Waals surface area contributed by atoms with Crippen molar-refractivity contribution in [2.45, 2.75) is 141 Å². The Morgan fingerprint density at radius 3 is 2.15 bits per heavy atom. The maximum absolute atomic E-state index is 10.2. The third-order valence-corrected chi connectivity index (χ3v) is 10.9. The zero-order chi connectivity index (χ0) is 29.8. The van der Waals surface area contributed by atoms with E-state index in [1.807, 2.05) is 59.0 Å². The minimum atomic E-state index is -0.195. The lowest BCUT2D eigenvalue weighted by Gasteiger charge is -2.58. The summed E-state index contributed by atoms with van der Waals surface area (Å²) in [5, 5.41) is 0. The highest BCUT2D eigenvalue weighted by atomic mass is 16.5. The number of carbonyl (C=O) groups excluding carboxylic acids is 1. The minimum Gasteiger partial charge on any atom is -0.463 e.